The fourth-order valence-electron chi connectivity index (χ4n) is 3.63. The Hall–Kier alpha value is -1.80. The van der Waals surface area contributed by atoms with Gasteiger partial charge in [-0.05, 0) is 43.9 Å². The van der Waals surface area contributed by atoms with Crippen LogP contribution < -0.4 is 0 Å². The summed E-state index contributed by atoms with van der Waals surface area (Å²) in [7, 11) is -3.03. The van der Waals surface area contributed by atoms with Gasteiger partial charge in [0.1, 0.15) is 0 Å². The molecule has 1 aromatic carbocycles. The number of sulfone groups is 1. The summed E-state index contributed by atoms with van der Waals surface area (Å²) in [6.07, 6.45) is 6.04. The minimum absolute atomic E-state index is 0.0129. The molecule has 0 saturated carbocycles. The fraction of sp³-hybridized carbons (Fsp3) is 0.524. The number of carbonyl (C=O) groups excluding carboxylic acids is 1. The number of amides is 1. The lowest BCUT2D eigenvalue weighted by Crippen LogP contribution is -2.42. The second kappa shape index (κ2) is 9.34. The molecule has 0 spiro atoms. The summed E-state index contributed by atoms with van der Waals surface area (Å²) in [5.41, 5.74) is 3.36. The Morgan fingerprint density at radius 1 is 1.34 bits per heavy atom. The van der Waals surface area contributed by atoms with Crippen molar-refractivity contribution in [3.05, 3.63) is 41.7 Å². The molecule has 2 aromatic rings. The number of benzene rings is 1. The maximum absolute atomic E-state index is 13.0. The summed E-state index contributed by atoms with van der Waals surface area (Å²) in [4.78, 5) is 19.2. The predicted molar refractivity (Wildman–Crippen MR) is 117 cm³/mol. The number of unbranched alkanes of at least 4 members (excludes halogenated alkanes) is 1. The number of imidazole rings is 1. The smallest absolute Gasteiger partial charge is 0.233 e. The highest BCUT2D eigenvalue weighted by atomic mass is 32.2. The average Bonchev–Trinajstić information content (AvgIpc) is 3.28. The van der Waals surface area contributed by atoms with Crippen LogP contribution in [0.5, 0.6) is 0 Å². The Morgan fingerprint density at radius 2 is 2.14 bits per heavy atom. The molecule has 29 heavy (non-hydrogen) atoms. The SMILES string of the molecule is CCCCN(C(=O)CSc1nccn1-c1cc(C)ccc1C)C1CCS(=O)(=O)C1. The maximum atomic E-state index is 13.0. The predicted octanol–water partition coefficient (Wildman–Crippen LogP) is 3.40. The summed E-state index contributed by atoms with van der Waals surface area (Å²) in [5.74, 6) is 0.505. The van der Waals surface area contributed by atoms with E-state index in [9.17, 15) is 13.2 Å². The number of nitrogens with zero attached hydrogens (tertiary/aromatic N) is 3. The van der Waals surface area contributed by atoms with Crippen LogP contribution in [-0.2, 0) is 14.6 Å². The number of hydrogen-bond acceptors (Lipinski definition) is 5. The summed E-state index contributed by atoms with van der Waals surface area (Å²) < 4.78 is 25.8. The van der Waals surface area contributed by atoms with E-state index in [2.05, 4.69) is 44.0 Å². The Morgan fingerprint density at radius 3 is 2.83 bits per heavy atom. The van der Waals surface area contributed by atoms with E-state index in [0.717, 1.165) is 29.2 Å². The Kier molecular flexibility index (Phi) is 7.05. The van der Waals surface area contributed by atoms with Crippen molar-refractivity contribution < 1.29 is 13.2 Å². The van der Waals surface area contributed by atoms with Crippen LogP contribution in [0.3, 0.4) is 0 Å². The lowest BCUT2D eigenvalue weighted by molar-refractivity contribution is -0.130. The van der Waals surface area contributed by atoms with Gasteiger partial charge in [-0.1, -0.05) is 37.2 Å². The van der Waals surface area contributed by atoms with Gasteiger partial charge >= 0.3 is 0 Å². The van der Waals surface area contributed by atoms with Crippen LogP contribution in [0.15, 0.2) is 35.7 Å². The summed E-state index contributed by atoms with van der Waals surface area (Å²) in [6, 6.07) is 6.07. The van der Waals surface area contributed by atoms with Gasteiger partial charge in [-0.2, -0.15) is 0 Å². The molecule has 1 unspecified atom stereocenters. The van der Waals surface area contributed by atoms with Crippen LogP contribution in [0.2, 0.25) is 0 Å². The van der Waals surface area contributed by atoms with Gasteiger partial charge in [0.25, 0.3) is 0 Å². The fourth-order valence-corrected chi connectivity index (χ4v) is 6.21. The molecule has 6 nitrogen and oxygen atoms in total. The molecule has 3 rings (SSSR count). The van der Waals surface area contributed by atoms with Crippen molar-refractivity contribution in [3.63, 3.8) is 0 Å². The van der Waals surface area contributed by atoms with E-state index in [4.69, 9.17) is 0 Å². The van der Waals surface area contributed by atoms with Crippen molar-refractivity contribution in [1.82, 2.24) is 14.5 Å². The highest BCUT2D eigenvalue weighted by molar-refractivity contribution is 7.99. The molecular weight excluding hydrogens is 406 g/mol. The second-order valence-electron chi connectivity index (χ2n) is 7.66. The van der Waals surface area contributed by atoms with Gasteiger partial charge in [0.05, 0.1) is 22.9 Å². The average molecular weight is 436 g/mol. The molecule has 1 atom stereocenters. The van der Waals surface area contributed by atoms with Crippen LogP contribution in [0.25, 0.3) is 5.69 Å². The number of aryl methyl sites for hydroxylation is 2. The van der Waals surface area contributed by atoms with Gasteiger partial charge in [-0.25, -0.2) is 13.4 Å². The molecule has 8 heteroatoms. The number of aromatic nitrogens is 2. The van der Waals surface area contributed by atoms with E-state index >= 15 is 0 Å². The second-order valence-corrected chi connectivity index (χ2v) is 10.8. The summed E-state index contributed by atoms with van der Waals surface area (Å²) in [6.45, 7) is 6.80. The van der Waals surface area contributed by atoms with Gasteiger partial charge < -0.3 is 4.90 Å². The van der Waals surface area contributed by atoms with Crippen molar-refractivity contribution >= 4 is 27.5 Å². The van der Waals surface area contributed by atoms with Crippen molar-refractivity contribution in [1.29, 1.82) is 0 Å². The minimum Gasteiger partial charge on any atom is -0.338 e. The van der Waals surface area contributed by atoms with E-state index in [-0.39, 0.29) is 29.2 Å². The molecule has 2 heterocycles. The molecule has 0 radical (unpaired) electrons. The molecule has 0 aliphatic carbocycles. The molecule has 1 saturated heterocycles. The van der Waals surface area contributed by atoms with E-state index in [1.165, 1.54) is 17.3 Å². The summed E-state index contributed by atoms with van der Waals surface area (Å²) in [5, 5.41) is 0.765. The van der Waals surface area contributed by atoms with E-state index in [0.29, 0.717) is 13.0 Å². The number of rotatable bonds is 8. The minimum atomic E-state index is -3.03. The molecule has 1 fully saturated rings. The Balaban J connectivity index is 1.72. The van der Waals surface area contributed by atoms with Gasteiger partial charge in [0, 0.05) is 25.0 Å². The van der Waals surface area contributed by atoms with Gasteiger partial charge in [0.2, 0.25) is 5.91 Å². The third-order valence-corrected chi connectivity index (χ3v) is 7.98. The maximum Gasteiger partial charge on any atom is 0.233 e. The molecule has 0 bridgehead atoms. The van der Waals surface area contributed by atoms with Crippen molar-refractivity contribution in [2.45, 2.75) is 51.2 Å². The largest absolute Gasteiger partial charge is 0.338 e. The van der Waals surface area contributed by atoms with E-state index in [1.807, 2.05) is 10.8 Å². The van der Waals surface area contributed by atoms with Crippen molar-refractivity contribution in [2.75, 3.05) is 23.8 Å². The molecule has 1 aromatic heterocycles. The molecule has 1 aliphatic heterocycles. The van der Waals surface area contributed by atoms with Crippen LogP contribution in [0, 0.1) is 13.8 Å². The first-order chi connectivity index (χ1) is 13.8. The molecule has 158 valence electrons. The first kappa shape index (κ1) is 21.9. The highest BCUT2D eigenvalue weighted by Gasteiger charge is 2.34. The number of carbonyl (C=O) groups is 1. The molecule has 0 N–H and O–H groups in total. The highest BCUT2D eigenvalue weighted by Crippen LogP contribution is 2.25. The zero-order chi connectivity index (χ0) is 21.0. The molecule has 1 aliphatic rings. The lowest BCUT2D eigenvalue weighted by Gasteiger charge is -2.28. The van der Waals surface area contributed by atoms with Gasteiger partial charge in [0.15, 0.2) is 15.0 Å². The Labute approximate surface area is 177 Å². The lowest BCUT2D eigenvalue weighted by atomic mass is 10.1. The zero-order valence-electron chi connectivity index (χ0n) is 17.3. The monoisotopic (exact) mass is 435 g/mol. The number of hydrogen-bond donors (Lipinski definition) is 0. The van der Waals surface area contributed by atoms with Crippen molar-refractivity contribution in [3.8, 4) is 5.69 Å². The number of thioether (sulfide) groups is 1. The normalized spacial score (nSPS) is 18.1. The topological polar surface area (TPSA) is 72.3 Å². The third-order valence-electron chi connectivity index (χ3n) is 5.28. The molecule has 1 amide bonds. The zero-order valence-corrected chi connectivity index (χ0v) is 18.9. The van der Waals surface area contributed by atoms with Crippen LogP contribution in [0.4, 0.5) is 0 Å². The molecular formula is C21H29N3O3S2. The van der Waals surface area contributed by atoms with Gasteiger partial charge in [-0.3, -0.25) is 9.36 Å². The Bertz CT molecular complexity index is 969. The summed E-state index contributed by atoms with van der Waals surface area (Å²) >= 11 is 1.40. The van der Waals surface area contributed by atoms with Crippen LogP contribution in [-0.4, -0.2) is 58.6 Å². The standard InChI is InChI=1S/C21H29N3O3S2/c1-4-5-10-23(18-8-12-29(26,27)15-18)20(25)14-28-21-22-9-11-24(21)19-13-16(2)6-7-17(19)3/h6-7,9,11,13,18H,4-5,8,10,12,14-15H2,1-3H3. The quantitative estimate of drug-likeness (QED) is 0.594. The van der Waals surface area contributed by atoms with Crippen LogP contribution >= 0.6 is 11.8 Å². The third kappa shape index (κ3) is 5.42. The van der Waals surface area contributed by atoms with Gasteiger partial charge in [-0.15, -0.1) is 0 Å². The first-order valence-electron chi connectivity index (χ1n) is 10.0. The van der Waals surface area contributed by atoms with Crippen LogP contribution in [0.1, 0.15) is 37.3 Å². The van der Waals surface area contributed by atoms with E-state index in [1.54, 1.807) is 11.1 Å². The van der Waals surface area contributed by atoms with E-state index < -0.39 is 9.84 Å². The first-order valence-corrected chi connectivity index (χ1v) is 12.8. The van der Waals surface area contributed by atoms with Crippen molar-refractivity contribution in [2.24, 2.45) is 0 Å².